The van der Waals surface area contributed by atoms with E-state index >= 15 is 0 Å². The number of benzene rings is 1. The molecule has 0 aliphatic carbocycles. The van der Waals surface area contributed by atoms with Gasteiger partial charge in [-0.15, -0.1) is 0 Å². The van der Waals surface area contributed by atoms with Crippen LogP contribution >= 0.6 is 0 Å². The van der Waals surface area contributed by atoms with Crippen LogP contribution in [0.1, 0.15) is 49.0 Å². The van der Waals surface area contributed by atoms with E-state index in [0.29, 0.717) is 19.0 Å². The number of nitrogens with zero attached hydrogens (tertiary/aromatic N) is 1. The molecule has 3 heteroatoms. The fourth-order valence-corrected chi connectivity index (χ4v) is 2.27. The zero-order valence-electron chi connectivity index (χ0n) is 11.4. The Hall–Kier alpha value is -1.35. The van der Waals surface area contributed by atoms with Crippen LogP contribution in [0.4, 0.5) is 0 Å². The van der Waals surface area contributed by atoms with E-state index in [4.69, 9.17) is 5.73 Å². The summed E-state index contributed by atoms with van der Waals surface area (Å²) in [6, 6.07) is 7.90. The van der Waals surface area contributed by atoms with Crippen molar-refractivity contribution in [1.29, 1.82) is 0 Å². The summed E-state index contributed by atoms with van der Waals surface area (Å²) in [4.78, 5) is 14.0. The molecule has 18 heavy (non-hydrogen) atoms. The predicted molar refractivity (Wildman–Crippen MR) is 73.6 cm³/mol. The van der Waals surface area contributed by atoms with E-state index in [0.717, 1.165) is 12.0 Å². The predicted octanol–water partition coefficient (Wildman–Crippen LogP) is 2.37. The largest absolute Gasteiger partial charge is 0.335 e. The van der Waals surface area contributed by atoms with Crippen LogP contribution in [0.3, 0.4) is 0 Å². The van der Waals surface area contributed by atoms with E-state index < -0.39 is 0 Å². The molecule has 1 aromatic rings. The summed E-state index contributed by atoms with van der Waals surface area (Å²) in [5.41, 5.74) is 7.94. The molecule has 0 bridgehead atoms. The average Bonchev–Trinajstić information content (AvgIpc) is 2.34. The van der Waals surface area contributed by atoms with Crippen LogP contribution in [-0.2, 0) is 0 Å². The van der Waals surface area contributed by atoms with Gasteiger partial charge in [-0.1, -0.05) is 32.9 Å². The molecule has 0 aromatic heterocycles. The van der Waals surface area contributed by atoms with Crippen molar-refractivity contribution in [2.45, 2.75) is 38.6 Å². The fraction of sp³-hybridized carbons (Fsp3) is 0.533. The number of hydrogen-bond acceptors (Lipinski definition) is 2. The first-order chi connectivity index (χ1) is 8.45. The van der Waals surface area contributed by atoms with Gasteiger partial charge in [-0.05, 0) is 30.0 Å². The van der Waals surface area contributed by atoms with E-state index in [9.17, 15) is 4.79 Å². The SMILES string of the molecule is CCC1(N)CN(C(=O)c2ccc(C(C)C)cc2)C1. The molecule has 0 radical (unpaired) electrons. The lowest BCUT2D eigenvalue weighted by Gasteiger charge is -2.47. The maximum atomic E-state index is 12.2. The third-order valence-electron chi connectivity index (χ3n) is 3.83. The fourth-order valence-electron chi connectivity index (χ4n) is 2.27. The molecule has 2 rings (SSSR count). The Bertz CT molecular complexity index is 430. The van der Waals surface area contributed by atoms with Crippen molar-refractivity contribution >= 4 is 5.91 Å². The third kappa shape index (κ3) is 2.41. The summed E-state index contributed by atoms with van der Waals surface area (Å²) >= 11 is 0. The van der Waals surface area contributed by atoms with Gasteiger partial charge in [0.05, 0.1) is 5.54 Å². The molecule has 1 aliphatic heterocycles. The standard InChI is InChI=1S/C15H22N2O/c1-4-15(16)9-17(10-15)14(18)13-7-5-12(6-8-13)11(2)3/h5-8,11H,4,9-10,16H2,1-3H3. The van der Waals surface area contributed by atoms with Crippen molar-refractivity contribution < 1.29 is 4.79 Å². The van der Waals surface area contributed by atoms with Gasteiger partial charge in [-0.25, -0.2) is 0 Å². The lowest BCUT2D eigenvalue weighted by molar-refractivity contribution is 0.0401. The lowest BCUT2D eigenvalue weighted by Crippen LogP contribution is -2.68. The van der Waals surface area contributed by atoms with Crippen molar-refractivity contribution in [3.8, 4) is 0 Å². The van der Waals surface area contributed by atoms with Gasteiger partial charge >= 0.3 is 0 Å². The molecule has 1 fully saturated rings. The number of nitrogens with two attached hydrogens (primary N) is 1. The zero-order chi connectivity index (χ0) is 13.3. The van der Waals surface area contributed by atoms with Crippen molar-refractivity contribution in [3.63, 3.8) is 0 Å². The summed E-state index contributed by atoms with van der Waals surface area (Å²) in [6.07, 6.45) is 0.920. The Balaban J connectivity index is 2.02. The van der Waals surface area contributed by atoms with Crippen molar-refractivity contribution in [1.82, 2.24) is 4.90 Å². The van der Waals surface area contributed by atoms with Crippen LogP contribution in [-0.4, -0.2) is 29.4 Å². The van der Waals surface area contributed by atoms with E-state index in [1.54, 1.807) is 0 Å². The van der Waals surface area contributed by atoms with Crippen molar-refractivity contribution in [2.24, 2.45) is 5.73 Å². The molecule has 3 nitrogen and oxygen atoms in total. The number of likely N-dealkylation sites (tertiary alicyclic amines) is 1. The number of carbonyl (C=O) groups excluding carboxylic acids is 1. The normalized spacial score (nSPS) is 17.7. The third-order valence-corrected chi connectivity index (χ3v) is 3.83. The molecule has 1 aromatic carbocycles. The van der Waals surface area contributed by atoms with Crippen LogP contribution in [0.25, 0.3) is 0 Å². The molecular weight excluding hydrogens is 224 g/mol. The first kappa shape index (κ1) is 13.1. The molecule has 98 valence electrons. The van der Waals surface area contributed by atoms with Crippen LogP contribution < -0.4 is 5.73 Å². The lowest BCUT2D eigenvalue weighted by atomic mass is 9.87. The van der Waals surface area contributed by atoms with E-state index in [-0.39, 0.29) is 11.4 Å². The average molecular weight is 246 g/mol. The molecule has 1 aliphatic rings. The number of hydrogen-bond donors (Lipinski definition) is 1. The molecular formula is C15H22N2O. The summed E-state index contributed by atoms with van der Waals surface area (Å²) in [6.45, 7) is 7.72. The van der Waals surface area contributed by atoms with Gasteiger partial charge in [0, 0.05) is 18.7 Å². The Morgan fingerprint density at radius 2 is 1.89 bits per heavy atom. The molecule has 0 unspecified atom stereocenters. The maximum Gasteiger partial charge on any atom is 0.253 e. The van der Waals surface area contributed by atoms with E-state index in [2.05, 4.69) is 20.8 Å². The molecule has 1 amide bonds. The molecule has 0 spiro atoms. The molecule has 1 heterocycles. The molecule has 0 atom stereocenters. The van der Waals surface area contributed by atoms with E-state index in [1.165, 1.54) is 5.56 Å². The Labute approximate surface area is 109 Å². The molecule has 2 N–H and O–H groups in total. The van der Waals surface area contributed by atoms with Gasteiger partial charge in [-0.3, -0.25) is 4.79 Å². The van der Waals surface area contributed by atoms with Gasteiger partial charge < -0.3 is 10.6 Å². The van der Waals surface area contributed by atoms with E-state index in [1.807, 2.05) is 29.2 Å². The molecule has 0 saturated carbocycles. The minimum absolute atomic E-state index is 0.0971. The minimum atomic E-state index is -0.159. The number of carbonyl (C=O) groups is 1. The second-order valence-electron chi connectivity index (χ2n) is 5.65. The van der Waals surface area contributed by atoms with Gasteiger partial charge in [0.1, 0.15) is 0 Å². The Kier molecular flexibility index (Phi) is 3.44. The summed E-state index contributed by atoms with van der Waals surface area (Å²) in [5, 5.41) is 0. The van der Waals surface area contributed by atoms with Gasteiger partial charge in [0.15, 0.2) is 0 Å². The van der Waals surface area contributed by atoms with Gasteiger partial charge in [0.2, 0.25) is 0 Å². The second-order valence-corrected chi connectivity index (χ2v) is 5.65. The highest BCUT2D eigenvalue weighted by Gasteiger charge is 2.40. The zero-order valence-corrected chi connectivity index (χ0v) is 11.4. The van der Waals surface area contributed by atoms with Crippen LogP contribution in [0.2, 0.25) is 0 Å². The second kappa shape index (κ2) is 4.73. The highest BCUT2D eigenvalue weighted by atomic mass is 16.2. The monoisotopic (exact) mass is 246 g/mol. The first-order valence-corrected chi connectivity index (χ1v) is 6.63. The van der Waals surface area contributed by atoms with Crippen LogP contribution in [0.5, 0.6) is 0 Å². The summed E-state index contributed by atoms with van der Waals surface area (Å²) in [7, 11) is 0. The van der Waals surface area contributed by atoms with Crippen LogP contribution in [0.15, 0.2) is 24.3 Å². The smallest absolute Gasteiger partial charge is 0.253 e. The first-order valence-electron chi connectivity index (χ1n) is 6.63. The minimum Gasteiger partial charge on any atom is -0.335 e. The Morgan fingerprint density at radius 1 is 1.33 bits per heavy atom. The van der Waals surface area contributed by atoms with Crippen molar-refractivity contribution in [3.05, 3.63) is 35.4 Å². The number of amides is 1. The van der Waals surface area contributed by atoms with Crippen LogP contribution in [0, 0.1) is 0 Å². The Morgan fingerprint density at radius 3 is 2.33 bits per heavy atom. The molecule has 1 saturated heterocycles. The topological polar surface area (TPSA) is 46.3 Å². The highest BCUT2D eigenvalue weighted by molar-refractivity contribution is 5.95. The summed E-state index contributed by atoms with van der Waals surface area (Å²) in [5.74, 6) is 0.592. The maximum absolute atomic E-state index is 12.2. The van der Waals surface area contributed by atoms with Gasteiger partial charge in [-0.2, -0.15) is 0 Å². The summed E-state index contributed by atoms with van der Waals surface area (Å²) < 4.78 is 0. The van der Waals surface area contributed by atoms with Crippen molar-refractivity contribution in [2.75, 3.05) is 13.1 Å². The number of rotatable bonds is 3. The van der Waals surface area contributed by atoms with Gasteiger partial charge in [0.25, 0.3) is 5.91 Å². The quantitative estimate of drug-likeness (QED) is 0.890. The highest BCUT2D eigenvalue weighted by Crippen LogP contribution is 2.24.